The summed E-state index contributed by atoms with van der Waals surface area (Å²) in [5.41, 5.74) is 1.90. The molecule has 3 heteroatoms. The van der Waals surface area contributed by atoms with Gasteiger partial charge in [0, 0.05) is 40.1 Å². The van der Waals surface area contributed by atoms with Crippen LogP contribution in [0.2, 0.25) is 0 Å². The maximum absolute atomic E-state index is 4.12. The zero-order chi connectivity index (χ0) is 6.81. The van der Waals surface area contributed by atoms with E-state index in [2.05, 4.69) is 9.97 Å². The number of fused-ring (bicyclic) bond motifs is 1. The van der Waals surface area contributed by atoms with Gasteiger partial charge in [-0.05, 0) is 12.1 Å². The van der Waals surface area contributed by atoms with E-state index in [9.17, 15) is 0 Å². The van der Waals surface area contributed by atoms with E-state index in [1.165, 1.54) is 0 Å². The van der Waals surface area contributed by atoms with Crippen LogP contribution in [0.5, 0.6) is 0 Å². The number of benzene rings is 1. The van der Waals surface area contributed by atoms with Crippen LogP contribution in [0, 0.1) is 0 Å². The minimum atomic E-state index is 0. The molecule has 0 atom stereocenters. The molecule has 0 radical (unpaired) electrons. The van der Waals surface area contributed by atoms with E-state index in [4.69, 9.17) is 0 Å². The van der Waals surface area contributed by atoms with Crippen LogP contribution < -0.4 is 0 Å². The van der Waals surface area contributed by atoms with Gasteiger partial charge in [0.15, 0.2) is 0 Å². The number of nitrogens with zero attached hydrogens (tertiary/aromatic N) is 2. The van der Waals surface area contributed by atoms with Crippen LogP contribution >= 0.6 is 0 Å². The first kappa shape index (κ1) is 8.59. The zero-order valence-corrected chi connectivity index (χ0v) is 11.6. The van der Waals surface area contributed by atoms with Crippen LogP contribution in [0.1, 0.15) is 0 Å². The van der Waals surface area contributed by atoms with Crippen molar-refractivity contribution in [3.05, 3.63) is 36.7 Å². The number of aromatic nitrogens is 2. The summed E-state index contributed by atoms with van der Waals surface area (Å²) in [5.74, 6) is 0. The van der Waals surface area contributed by atoms with Gasteiger partial charge in [-0.25, -0.2) is 0 Å². The SMILES string of the molecule is [Hg].c1ccc2nccnc2c1. The molecule has 0 aliphatic rings. The summed E-state index contributed by atoms with van der Waals surface area (Å²) in [7, 11) is 0. The van der Waals surface area contributed by atoms with Crippen LogP contribution in [0.25, 0.3) is 11.0 Å². The molecule has 2 rings (SSSR count). The molecule has 0 bridgehead atoms. The van der Waals surface area contributed by atoms with Gasteiger partial charge in [-0.1, -0.05) is 12.1 Å². The van der Waals surface area contributed by atoms with Crippen molar-refractivity contribution in [3.8, 4) is 0 Å². The van der Waals surface area contributed by atoms with Gasteiger partial charge in [-0.2, -0.15) is 0 Å². The quantitative estimate of drug-likeness (QED) is 0.686. The molecule has 0 aliphatic carbocycles. The van der Waals surface area contributed by atoms with Crippen molar-refractivity contribution in [1.82, 2.24) is 9.97 Å². The Bertz CT molecular complexity index is 283. The first-order valence-corrected chi connectivity index (χ1v) is 3.12. The third kappa shape index (κ3) is 1.74. The summed E-state index contributed by atoms with van der Waals surface area (Å²) >= 11 is 0. The topological polar surface area (TPSA) is 25.8 Å². The van der Waals surface area contributed by atoms with E-state index in [1.54, 1.807) is 12.4 Å². The Labute approximate surface area is 85.2 Å². The Morgan fingerprint density at radius 1 is 0.818 bits per heavy atom. The molecule has 0 aliphatic heterocycles. The molecule has 50 valence electrons. The molecule has 11 heavy (non-hydrogen) atoms. The van der Waals surface area contributed by atoms with Crippen LogP contribution in [0.4, 0.5) is 0 Å². The molecule has 2 nitrogen and oxygen atoms in total. The fraction of sp³-hybridized carbons (Fsp3) is 0. The molecule has 0 amide bonds. The van der Waals surface area contributed by atoms with Gasteiger partial charge in [0.1, 0.15) is 0 Å². The average molecular weight is 331 g/mol. The number of hydrogen-bond donors (Lipinski definition) is 0. The summed E-state index contributed by atoms with van der Waals surface area (Å²) in [5, 5.41) is 0. The third-order valence-corrected chi connectivity index (χ3v) is 1.38. The second-order valence-electron chi connectivity index (χ2n) is 2.05. The molecule has 0 fully saturated rings. The molecule has 0 saturated carbocycles. The van der Waals surface area contributed by atoms with E-state index < -0.39 is 0 Å². The van der Waals surface area contributed by atoms with Crippen molar-refractivity contribution in [2.24, 2.45) is 0 Å². The van der Waals surface area contributed by atoms with E-state index in [0.717, 1.165) is 11.0 Å². The van der Waals surface area contributed by atoms with Crippen LogP contribution in [0.15, 0.2) is 36.7 Å². The molecule has 0 saturated heterocycles. The Balaban J connectivity index is 0.000000605. The van der Waals surface area contributed by atoms with Gasteiger partial charge in [0.2, 0.25) is 0 Å². The predicted molar refractivity (Wildman–Crippen MR) is 39.5 cm³/mol. The van der Waals surface area contributed by atoms with Crippen molar-refractivity contribution in [2.75, 3.05) is 0 Å². The Morgan fingerprint density at radius 3 is 1.73 bits per heavy atom. The van der Waals surface area contributed by atoms with Crippen molar-refractivity contribution in [1.29, 1.82) is 0 Å². The van der Waals surface area contributed by atoms with E-state index >= 15 is 0 Å². The second-order valence-corrected chi connectivity index (χ2v) is 2.05. The molecule has 1 heterocycles. The fourth-order valence-electron chi connectivity index (χ4n) is 0.910. The summed E-state index contributed by atoms with van der Waals surface area (Å²) in [4.78, 5) is 8.24. The largest absolute Gasteiger partial charge is 0.253 e. The first-order valence-electron chi connectivity index (χ1n) is 3.12. The minimum Gasteiger partial charge on any atom is -0.253 e. The van der Waals surface area contributed by atoms with E-state index in [0.29, 0.717) is 0 Å². The Kier molecular flexibility index (Phi) is 2.94. The maximum atomic E-state index is 4.12. The van der Waals surface area contributed by atoms with Crippen molar-refractivity contribution >= 4 is 11.0 Å². The summed E-state index contributed by atoms with van der Waals surface area (Å²) in [6, 6.07) is 7.80. The van der Waals surface area contributed by atoms with Gasteiger partial charge in [0.25, 0.3) is 0 Å². The smallest absolute Gasteiger partial charge is 0.0886 e. The van der Waals surface area contributed by atoms with Gasteiger partial charge in [-0.15, -0.1) is 0 Å². The summed E-state index contributed by atoms with van der Waals surface area (Å²) in [6.45, 7) is 0. The number of para-hydroxylation sites is 2. The molecule has 0 unspecified atom stereocenters. The Morgan fingerprint density at radius 2 is 1.27 bits per heavy atom. The maximum Gasteiger partial charge on any atom is 0.0886 e. The molecular formula is C8H6HgN2. The summed E-state index contributed by atoms with van der Waals surface area (Å²) < 4.78 is 0. The average Bonchev–Trinajstić information content (AvgIpc) is 2.05. The van der Waals surface area contributed by atoms with Crippen LogP contribution in [-0.2, 0) is 27.7 Å². The molecule has 2 aromatic rings. The van der Waals surface area contributed by atoms with Gasteiger partial charge in [0.05, 0.1) is 11.0 Å². The van der Waals surface area contributed by atoms with E-state index in [1.807, 2.05) is 24.3 Å². The van der Waals surface area contributed by atoms with Gasteiger partial charge >= 0.3 is 0 Å². The molecule has 0 spiro atoms. The molecular weight excluding hydrogens is 325 g/mol. The van der Waals surface area contributed by atoms with E-state index in [-0.39, 0.29) is 27.7 Å². The first-order chi connectivity index (χ1) is 4.97. The molecule has 0 N–H and O–H groups in total. The van der Waals surface area contributed by atoms with Gasteiger partial charge < -0.3 is 0 Å². The normalized spacial score (nSPS) is 9.09. The standard InChI is InChI=1S/C8H6N2.Hg/c1-2-4-8-7(3-1)9-5-6-10-8;/h1-6H;. The number of hydrogen-bond acceptors (Lipinski definition) is 2. The Hall–Kier alpha value is -0.505. The number of rotatable bonds is 0. The van der Waals surface area contributed by atoms with Crippen LogP contribution in [0.3, 0.4) is 0 Å². The molecule has 1 aromatic heterocycles. The predicted octanol–water partition coefficient (Wildman–Crippen LogP) is 1.63. The van der Waals surface area contributed by atoms with Crippen LogP contribution in [-0.4, -0.2) is 9.97 Å². The van der Waals surface area contributed by atoms with Crippen molar-refractivity contribution < 1.29 is 27.7 Å². The second kappa shape index (κ2) is 3.76. The molecule has 1 aromatic carbocycles. The zero-order valence-electron chi connectivity index (χ0n) is 6.07. The van der Waals surface area contributed by atoms with Crippen molar-refractivity contribution in [3.63, 3.8) is 0 Å². The minimum absolute atomic E-state index is 0. The monoisotopic (exact) mass is 332 g/mol. The fourth-order valence-corrected chi connectivity index (χ4v) is 0.910. The summed E-state index contributed by atoms with van der Waals surface area (Å²) in [6.07, 6.45) is 3.39. The van der Waals surface area contributed by atoms with Crippen molar-refractivity contribution in [2.45, 2.75) is 0 Å². The third-order valence-electron chi connectivity index (χ3n) is 1.38. The van der Waals surface area contributed by atoms with Gasteiger partial charge in [-0.3, -0.25) is 9.97 Å².